The lowest BCUT2D eigenvalue weighted by Crippen LogP contribution is -2.41. The molecule has 1 N–H and O–H groups in total. The van der Waals surface area contributed by atoms with Crippen molar-refractivity contribution in [2.75, 3.05) is 0 Å². The number of nitrogens with zero attached hydrogens (tertiary/aromatic N) is 3. The third-order valence-corrected chi connectivity index (χ3v) is 9.65. The van der Waals surface area contributed by atoms with Gasteiger partial charge in [-0.15, -0.1) is 21.5 Å². The van der Waals surface area contributed by atoms with Crippen molar-refractivity contribution in [1.29, 1.82) is 0 Å². The van der Waals surface area contributed by atoms with Gasteiger partial charge >= 0.3 is 12.1 Å². The van der Waals surface area contributed by atoms with E-state index < -0.39 is 43.8 Å². The van der Waals surface area contributed by atoms with Crippen LogP contribution in [-0.2, 0) is 37.8 Å². The average Bonchev–Trinajstić information content (AvgIpc) is 3.50. The van der Waals surface area contributed by atoms with Crippen LogP contribution < -0.4 is 4.72 Å². The fraction of sp³-hybridized carbons (Fsp3) is 0.571. The van der Waals surface area contributed by atoms with Crippen molar-refractivity contribution >= 4 is 27.3 Å². The summed E-state index contributed by atoms with van der Waals surface area (Å²) in [6.45, 7) is 9.11. The molecule has 1 aliphatic carbocycles. The van der Waals surface area contributed by atoms with Crippen LogP contribution in [0.15, 0.2) is 27.5 Å². The number of hydrogen-bond donors (Lipinski definition) is 1. The molecule has 0 unspecified atom stereocenters. The zero-order chi connectivity index (χ0) is 31.1. The smallest absolute Gasteiger partial charge is 0.417 e. The molecule has 0 amide bonds. The Morgan fingerprint density at radius 3 is 2.36 bits per heavy atom. The lowest BCUT2D eigenvalue weighted by atomic mass is 9.85. The van der Waals surface area contributed by atoms with E-state index >= 15 is 0 Å². The first-order valence-corrected chi connectivity index (χ1v) is 15.9. The summed E-state index contributed by atoms with van der Waals surface area (Å²) in [5, 5.41) is 8.37. The fourth-order valence-corrected chi connectivity index (χ4v) is 7.65. The van der Waals surface area contributed by atoms with Gasteiger partial charge in [-0.05, 0) is 64.7 Å². The van der Waals surface area contributed by atoms with Crippen LogP contribution in [-0.4, -0.2) is 35.1 Å². The number of benzene rings is 1. The Morgan fingerprint density at radius 1 is 1.10 bits per heavy atom. The summed E-state index contributed by atoms with van der Waals surface area (Å²) in [6.07, 6.45) is 0.856. The van der Waals surface area contributed by atoms with E-state index in [1.165, 1.54) is 13.0 Å². The maximum atomic E-state index is 14.3. The third kappa shape index (κ3) is 7.56. The molecule has 4 rings (SSSR count). The van der Waals surface area contributed by atoms with Gasteiger partial charge in [0, 0.05) is 12.5 Å². The largest absolute Gasteiger partial charge is 0.450 e. The van der Waals surface area contributed by atoms with Gasteiger partial charge in [0.15, 0.2) is 10.6 Å². The van der Waals surface area contributed by atoms with Gasteiger partial charge in [-0.2, -0.15) is 13.2 Å². The van der Waals surface area contributed by atoms with Gasteiger partial charge in [0.05, 0.1) is 21.0 Å². The van der Waals surface area contributed by atoms with Gasteiger partial charge in [0.25, 0.3) is 11.8 Å². The number of hydrogen-bond acceptors (Lipinski definition) is 9. The molecule has 1 saturated carbocycles. The van der Waals surface area contributed by atoms with Crippen LogP contribution in [0.1, 0.15) is 90.8 Å². The summed E-state index contributed by atoms with van der Waals surface area (Å²) in [5.41, 5.74) is -2.68. The molecule has 1 aliphatic rings. The number of halogens is 3. The number of aromatic nitrogens is 3. The van der Waals surface area contributed by atoms with Crippen LogP contribution in [0.3, 0.4) is 0 Å². The van der Waals surface area contributed by atoms with Crippen molar-refractivity contribution in [1.82, 2.24) is 19.9 Å². The minimum atomic E-state index is -4.93. The number of carbonyl (C=O) groups is 1. The van der Waals surface area contributed by atoms with Crippen LogP contribution in [0.5, 0.6) is 0 Å². The Labute approximate surface area is 247 Å². The summed E-state index contributed by atoms with van der Waals surface area (Å²) in [4.78, 5) is 15.9. The van der Waals surface area contributed by atoms with Crippen LogP contribution in [0.25, 0.3) is 21.3 Å². The number of carbonyl (C=O) groups excluding carboxylic acids is 1. The quantitative estimate of drug-likeness (QED) is 0.268. The zero-order valence-electron chi connectivity index (χ0n) is 24.4. The highest BCUT2D eigenvalue weighted by atomic mass is 32.2. The number of esters is 1. The summed E-state index contributed by atoms with van der Waals surface area (Å²) in [5.74, 6) is -0.143. The summed E-state index contributed by atoms with van der Waals surface area (Å²) in [6, 6.07) is 3.22. The summed E-state index contributed by atoms with van der Waals surface area (Å²) in [7, 11) is -4.47. The Bertz CT molecular complexity index is 1550. The Morgan fingerprint density at radius 2 is 1.76 bits per heavy atom. The Hall–Kier alpha value is -2.84. The van der Waals surface area contributed by atoms with Crippen LogP contribution in [0.2, 0.25) is 0 Å². The van der Waals surface area contributed by atoms with Crippen molar-refractivity contribution in [2.45, 2.75) is 102 Å². The molecule has 3 aromatic rings. The second-order valence-corrected chi connectivity index (χ2v) is 14.7. The molecular formula is C28H35F3N4O5S2. The fourth-order valence-electron chi connectivity index (χ4n) is 5.01. The maximum absolute atomic E-state index is 14.3. The number of alkyl halides is 3. The van der Waals surface area contributed by atoms with E-state index in [2.05, 4.69) is 14.9 Å². The van der Waals surface area contributed by atoms with Gasteiger partial charge in [0.1, 0.15) is 0 Å². The number of thiazole rings is 1. The maximum Gasteiger partial charge on any atom is 0.417 e. The lowest BCUT2D eigenvalue weighted by molar-refractivity contribution is -0.156. The van der Waals surface area contributed by atoms with E-state index in [4.69, 9.17) is 14.1 Å². The van der Waals surface area contributed by atoms with E-state index in [1.54, 1.807) is 34.6 Å². The molecule has 0 spiro atoms. The molecule has 0 radical (unpaired) electrons. The molecule has 42 heavy (non-hydrogen) atoms. The standard InChI is InChI=1S/C28H35F3N4O5S2/c1-16(36)40-27(5,6)25-34-33-23(39-25)24-32-20(14-17-10-8-7-9-11-17)22(41-24)18-12-13-21(19(15-18)28(29,30)31)42(37,38)35-26(2,3)4/h12-13,15,17,35H,7-11,14H2,1-6H3. The molecule has 2 aromatic heterocycles. The highest BCUT2D eigenvalue weighted by Crippen LogP contribution is 2.42. The number of nitrogens with one attached hydrogen (secondary N) is 1. The lowest BCUT2D eigenvalue weighted by Gasteiger charge is -2.23. The first-order chi connectivity index (χ1) is 19.4. The first-order valence-electron chi connectivity index (χ1n) is 13.6. The molecule has 2 heterocycles. The molecule has 9 nitrogen and oxygen atoms in total. The average molecular weight is 629 g/mol. The molecule has 0 bridgehead atoms. The SMILES string of the molecule is CC(=O)OC(C)(C)c1nnc(-c2nc(CC3CCCCC3)c(-c3ccc(S(=O)(=O)NC(C)(C)C)c(C(F)(F)F)c3)s2)o1. The van der Waals surface area contributed by atoms with Gasteiger partial charge in [-0.1, -0.05) is 38.2 Å². The molecule has 0 saturated heterocycles. The van der Waals surface area contributed by atoms with E-state index in [0.29, 0.717) is 27.9 Å². The molecule has 1 fully saturated rings. The normalized spacial score (nSPS) is 15.6. The molecule has 14 heteroatoms. The number of ether oxygens (including phenoxy) is 1. The molecule has 1 aromatic carbocycles. The van der Waals surface area contributed by atoms with Crippen LogP contribution >= 0.6 is 11.3 Å². The summed E-state index contributed by atoms with van der Waals surface area (Å²) >= 11 is 1.09. The molecule has 0 atom stereocenters. The van der Waals surface area contributed by atoms with Crippen LogP contribution in [0, 0.1) is 5.92 Å². The topological polar surface area (TPSA) is 124 Å². The monoisotopic (exact) mass is 628 g/mol. The molecule has 0 aliphatic heterocycles. The molecular weight excluding hydrogens is 593 g/mol. The van der Waals surface area contributed by atoms with Gasteiger partial charge in [-0.25, -0.2) is 18.1 Å². The highest BCUT2D eigenvalue weighted by Gasteiger charge is 2.39. The Kier molecular flexibility index (Phi) is 8.92. The highest BCUT2D eigenvalue weighted by molar-refractivity contribution is 7.89. The predicted molar refractivity (Wildman–Crippen MR) is 151 cm³/mol. The van der Waals surface area contributed by atoms with E-state index in [-0.39, 0.29) is 17.3 Å². The second-order valence-electron chi connectivity index (χ2n) is 12.1. The second kappa shape index (κ2) is 11.7. The predicted octanol–water partition coefficient (Wildman–Crippen LogP) is 6.88. The minimum absolute atomic E-state index is 0.0380. The van der Waals surface area contributed by atoms with Crippen LogP contribution in [0.4, 0.5) is 13.2 Å². The zero-order valence-corrected chi connectivity index (χ0v) is 26.0. The van der Waals surface area contributed by atoms with Crippen molar-refractivity contribution in [3.8, 4) is 21.3 Å². The van der Waals surface area contributed by atoms with Crippen molar-refractivity contribution < 1.29 is 35.5 Å². The van der Waals surface area contributed by atoms with Crippen molar-refractivity contribution in [2.24, 2.45) is 5.92 Å². The van der Waals surface area contributed by atoms with Crippen molar-refractivity contribution in [3.63, 3.8) is 0 Å². The van der Waals surface area contributed by atoms with E-state index in [9.17, 15) is 26.4 Å². The van der Waals surface area contributed by atoms with Gasteiger partial charge < -0.3 is 9.15 Å². The molecule has 230 valence electrons. The minimum Gasteiger partial charge on any atom is -0.450 e. The van der Waals surface area contributed by atoms with Crippen molar-refractivity contribution in [3.05, 3.63) is 35.3 Å². The van der Waals surface area contributed by atoms with E-state index in [0.717, 1.165) is 55.6 Å². The third-order valence-electron chi connectivity index (χ3n) is 6.70. The number of rotatable bonds is 8. The summed E-state index contributed by atoms with van der Waals surface area (Å²) < 4.78 is 82.1. The van der Waals surface area contributed by atoms with Gasteiger partial charge in [0.2, 0.25) is 10.0 Å². The van der Waals surface area contributed by atoms with Gasteiger partial charge in [-0.3, -0.25) is 4.79 Å². The van der Waals surface area contributed by atoms with E-state index in [1.807, 2.05) is 0 Å². The Balaban J connectivity index is 1.81. The first kappa shape index (κ1) is 32.1. The number of sulfonamides is 1.